The third-order valence-corrected chi connectivity index (χ3v) is 5.14. The Morgan fingerprint density at radius 2 is 1.64 bits per heavy atom. The molecular formula is C12H30N2O6S2. The van der Waals surface area contributed by atoms with Crippen molar-refractivity contribution in [3.05, 3.63) is 0 Å². The highest BCUT2D eigenvalue weighted by Crippen LogP contribution is 1.96. The summed E-state index contributed by atoms with van der Waals surface area (Å²) in [6.45, 7) is 4.44. The molecule has 4 N–H and O–H groups in total. The smallest absolute Gasteiger partial charge is 0.267 e. The summed E-state index contributed by atoms with van der Waals surface area (Å²) >= 11 is 0. The third kappa shape index (κ3) is 17.8. The van der Waals surface area contributed by atoms with Gasteiger partial charge in [-0.05, 0) is 46.1 Å². The van der Waals surface area contributed by atoms with Crippen molar-refractivity contribution in [2.45, 2.75) is 39.5 Å². The molecular weight excluding hydrogens is 332 g/mol. The molecule has 8 nitrogen and oxygen atoms in total. The molecule has 0 aromatic rings. The van der Waals surface area contributed by atoms with E-state index in [0.717, 1.165) is 12.8 Å². The molecule has 0 aromatic carbocycles. The van der Waals surface area contributed by atoms with Crippen molar-refractivity contribution in [2.24, 2.45) is 5.73 Å². The van der Waals surface area contributed by atoms with Gasteiger partial charge in [0.15, 0.2) is 0 Å². The Morgan fingerprint density at radius 1 is 1.00 bits per heavy atom. The van der Waals surface area contributed by atoms with Gasteiger partial charge < -0.3 is 10.8 Å². The summed E-state index contributed by atoms with van der Waals surface area (Å²) in [5.74, 6) is 0.00315. The van der Waals surface area contributed by atoms with Gasteiger partial charge in [0.25, 0.3) is 10.1 Å². The standard InChI is InChI=1S/C8H19NO5S2.C4H11NO/c1-3-15(10,11)9-7-5-6-8-14-16(12,13)4-2;5-3-1-2-4-6/h9H,3-8H2,1-2H3;6H,1-5H2. The van der Waals surface area contributed by atoms with Crippen molar-refractivity contribution in [3.8, 4) is 0 Å². The van der Waals surface area contributed by atoms with Gasteiger partial charge >= 0.3 is 0 Å². The normalized spacial score (nSPS) is 11.8. The largest absolute Gasteiger partial charge is 0.396 e. The Balaban J connectivity index is 0. The van der Waals surface area contributed by atoms with E-state index in [1.54, 1.807) is 6.92 Å². The molecule has 22 heavy (non-hydrogen) atoms. The molecule has 0 amide bonds. The first kappa shape index (κ1) is 24.0. The molecule has 0 aliphatic rings. The lowest BCUT2D eigenvalue weighted by Crippen LogP contribution is -2.26. The second kappa shape index (κ2) is 14.3. The van der Waals surface area contributed by atoms with E-state index < -0.39 is 20.1 Å². The Labute approximate surface area is 134 Å². The van der Waals surface area contributed by atoms with Crippen LogP contribution in [0.25, 0.3) is 0 Å². The lowest BCUT2D eigenvalue weighted by molar-refractivity contribution is 0.285. The molecule has 0 aliphatic heterocycles. The summed E-state index contributed by atoms with van der Waals surface area (Å²) in [6, 6.07) is 0. The molecule has 0 saturated heterocycles. The number of sulfonamides is 1. The maximum Gasteiger partial charge on any atom is 0.267 e. The van der Waals surface area contributed by atoms with Gasteiger partial charge in [-0.2, -0.15) is 8.42 Å². The maximum atomic E-state index is 11.0. The van der Waals surface area contributed by atoms with E-state index in [4.69, 9.17) is 10.8 Å². The van der Waals surface area contributed by atoms with E-state index in [2.05, 4.69) is 8.91 Å². The van der Waals surface area contributed by atoms with Crippen LogP contribution < -0.4 is 10.5 Å². The monoisotopic (exact) mass is 362 g/mol. The highest BCUT2D eigenvalue weighted by Gasteiger charge is 2.07. The second-order valence-electron chi connectivity index (χ2n) is 4.39. The number of nitrogens with one attached hydrogen (secondary N) is 1. The van der Waals surface area contributed by atoms with Crippen molar-refractivity contribution < 1.29 is 26.1 Å². The number of hydrogen-bond acceptors (Lipinski definition) is 7. The van der Waals surface area contributed by atoms with Crippen LogP contribution in [0, 0.1) is 0 Å². The molecule has 0 heterocycles. The molecule has 10 heteroatoms. The highest BCUT2D eigenvalue weighted by molar-refractivity contribution is 7.89. The van der Waals surface area contributed by atoms with E-state index in [1.165, 1.54) is 6.92 Å². The van der Waals surface area contributed by atoms with Crippen LogP contribution in [-0.2, 0) is 24.3 Å². The van der Waals surface area contributed by atoms with Crippen LogP contribution in [0.1, 0.15) is 39.5 Å². The zero-order valence-corrected chi connectivity index (χ0v) is 15.1. The van der Waals surface area contributed by atoms with Gasteiger partial charge in [0.1, 0.15) is 0 Å². The van der Waals surface area contributed by atoms with E-state index in [-0.39, 0.29) is 24.7 Å². The van der Waals surface area contributed by atoms with Crippen LogP contribution in [0.3, 0.4) is 0 Å². The lowest BCUT2D eigenvalue weighted by atomic mass is 10.3. The Morgan fingerprint density at radius 3 is 2.05 bits per heavy atom. The first-order valence-corrected chi connectivity index (χ1v) is 10.6. The van der Waals surface area contributed by atoms with Gasteiger partial charge in [0.05, 0.1) is 18.1 Å². The molecule has 0 atom stereocenters. The Hall–Kier alpha value is -0.260. The summed E-state index contributed by atoms with van der Waals surface area (Å²) in [7, 11) is -6.53. The van der Waals surface area contributed by atoms with E-state index >= 15 is 0 Å². The van der Waals surface area contributed by atoms with Crippen molar-refractivity contribution in [1.29, 1.82) is 0 Å². The summed E-state index contributed by atoms with van der Waals surface area (Å²) < 4.78 is 50.8. The van der Waals surface area contributed by atoms with Crippen LogP contribution in [0.2, 0.25) is 0 Å². The summed E-state index contributed by atoms with van der Waals surface area (Å²) in [4.78, 5) is 0. The van der Waals surface area contributed by atoms with Gasteiger partial charge in [0, 0.05) is 13.2 Å². The fraction of sp³-hybridized carbons (Fsp3) is 1.00. The van der Waals surface area contributed by atoms with E-state index in [9.17, 15) is 16.8 Å². The van der Waals surface area contributed by atoms with Crippen LogP contribution in [0.5, 0.6) is 0 Å². The molecule has 0 spiro atoms. The fourth-order valence-electron chi connectivity index (χ4n) is 1.08. The molecule has 0 aliphatic carbocycles. The van der Waals surface area contributed by atoms with Gasteiger partial charge in [-0.1, -0.05) is 0 Å². The van der Waals surface area contributed by atoms with Gasteiger partial charge in [-0.3, -0.25) is 4.18 Å². The van der Waals surface area contributed by atoms with Gasteiger partial charge in [-0.15, -0.1) is 0 Å². The van der Waals surface area contributed by atoms with Gasteiger partial charge in [0.2, 0.25) is 10.0 Å². The molecule has 0 bridgehead atoms. The maximum absolute atomic E-state index is 11.0. The molecule has 136 valence electrons. The highest BCUT2D eigenvalue weighted by atomic mass is 32.2. The van der Waals surface area contributed by atoms with E-state index in [0.29, 0.717) is 25.9 Å². The zero-order chi connectivity index (χ0) is 17.5. The molecule has 0 fully saturated rings. The first-order valence-electron chi connectivity index (χ1n) is 7.40. The number of aliphatic hydroxyl groups is 1. The SMILES string of the molecule is CCS(=O)(=O)NCCCCOS(=O)(=O)CC.NCCCCO. The van der Waals surface area contributed by atoms with Gasteiger partial charge in [-0.25, -0.2) is 13.1 Å². The van der Waals surface area contributed by atoms with Crippen LogP contribution in [-0.4, -0.2) is 59.8 Å². The topological polar surface area (TPSA) is 136 Å². The van der Waals surface area contributed by atoms with Crippen LogP contribution in [0.15, 0.2) is 0 Å². The molecule has 0 unspecified atom stereocenters. The average molecular weight is 363 g/mol. The van der Waals surface area contributed by atoms with Crippen molar-refractivity contribution >= 4 is 20.1 Å². The van der Waals surface area contributed by atoms with Crippen molar-refractivity contribution in [1.82, 2.24) is 4.72 Å². The van der Waals surface area contributed by atoms with Crippen molar-refractivity contribution in [2.75, 3.05) is 37.8 Å². The van der Waals surface area contributed by atoms with Crippen molar-refractivity contribution in [3.63, 3.8) is 0 Å². The van der Waals surface area contributed by atoms with Crippen LogP contribution in [0.4, 0.5) is 0 Å². The zero-order valence-electron chi connectivity index (χ0n) is 13.5. The quantitative estimate of drug-likeness (QED) is 0.323. The average Bonchev–Trinajstić information content (AvgIpc) is 2.49. The minimum atomic E-state index is -3.38. The molecule has 0 rings (SSSR count). The number of rotatable bonds is 12. The predicted octanol–water partition coefficient (Wildman–Crippen LogP) is -0.210. The first-order chi connectivity index (χ1) is 10.2. The number of aliphatic hydroxyl groups excluding tert-OH is 1. The number of hydrogen-bond donors (Lipinski definition) is 3. The Kier molecular flexibility index (Phi) is 15.6. The molecule has 0 radical (unpaired) electrons. The summed E-state index contributed by atoms with van der Waals surface area (Å²) in [6.07, 6.45) is 2.84. The second-order valence-corrected chi connectivity index (χ2v) is 8.42. The predicted molar refractivity (Wildman–Crippen MR) is 87.5 cm³/mol. The minimum absolute atomic E-state index is 0.0462. The molecule has 0 aromatic heterocycles. The van der Waals surface area contributed by atoms with E-state index in [1.807, 2.05) is 0 Å². The molecule has 0 saturated carbocycles. The summed E-state index contributed by atoms with van der Waals surface area (Å²) in [5, 5.41) is 8.14. The lowest BCUT2D eigenvalue weighted by Gasteiger charge is -2.05. The van der Waals surface area contributed by atoms with Crippen LogP contribution >= 0.6 is 0 Å². The number of nitrogens with two attached hydrogens (primary N) is 1. The third-order valence-electron chi connectivity index (χ3n) is 2.50. The number of unbranched alkanes of at least 4 members (excludes halogenated alkanes) is 2. The summed E-state index contributed by atoms with van der Waals surface area (Å²) in [5.41, 5.74) is 5.10. The Bertz CT molecular complexity index is 395. The fourth-order valence-corrected chi connectivity index (χ4v) is 2.28. The minimum Gasteiger partial charge on any atom is -0.396 e.